The number of carboxylic acid groups (broad SMARTS) is 1. The SMILES string of the molecule is CCCCCCCCCCCCCCOP(=O)(O)OCCNC(=O)[C@H](C)NC(=O)CC[C@@H](NC(=O)[C@H](C)N(C(=O)CC)C1O[C@H](CO)[C@@H](O)[C@H](OCC(=O)O)[C@H]1N)C(N)=O. The Balaban J connectivity index is 2.55. The Morgan fingerprint density at radius 1 is 0.867 bits per heavy atom. The van der Waals surface area contributed by atoms with Gasteiger partial charge in [-0.1, -0.05) is 84.5 Å². The molecule has 2 unspecified atom stereocenters. The summed E-state index contributed by atoms with van der Waals surface area (Å²) in [7, 11) is -4.32. The fraction of sp³-hybridized carbons (Fsp3) is 0.842. The lowest BCUT2D eigenvalue weighted by Crippen LogP contribution is -2.70. The van der Waals surface area contributed by atoms with Gasteiger partial charge in [-0.25, -0.2) is 9.36 Å². The summed E-state index contributed by atoms with van der Waals surface area (Å²) < 4.78 is 33.1. The predicted octanol–water partition coefficient (Wildman–Crippen LogP) is 0.695. The number of phosphoric acid groups is 1. The second-order valence-corrected chi connectivity index (χ2v) is 16.4. The Kier molecular flexibility index (Phi) is 27.3. The van der Waals surface area contributed by atoms with Crippen molar-refractivity contribution in [1.29, 1.82) is 0 Å². The molecule has 0 spiro atoms. The highest BCUT2D eigenvalue weighted by Gasteiger charge is 2.49. The highest BCUT2D eigenvalue weighted by Crippen LogP contribution is 2.43. The molecule has 0 aromatic rings. The Morgan fingerprint density at radius 2 is 1.43 bits per heavy atom. The second-order valence-electron chi connectivity index (χ2n) is 14.9. The van der Waals surface area contributed by atoms with E-state index in [9.17, 15) is 48.4 Å². The van der Waals surface area contributed by atoms with Crippen molar-refractivity contribution in [2.45, 2.75) is 173 Å². The van der Waals surface area contributed by atoms with Crippen molar-refractivity contribution >= 4 is 43.3 Å². The second kappa shape index (κ2) is 29.9. The molecule has 0 saturated carbocycles. The first-order chi connectivity index (χ1) is 28.4. The number of primary amides is 1. The van der Waals surface area contributed by atoms with E-state index in [1.54, 1.807) is 0 Å². The minimum absolute atomic E-state index is 0.0619. The Labute approximate surface area is 352 Å². The first-order valence-electron chi connectivity index (χ1n) is 21.0. The van der Waals surface area contributed by atoms with Crippen LogP contribution in [0.1, 0.15) is 124 Å². The largest absolute Gasteiger partial charge is 0.480 e. The molecule has 60 heavy (non-hydrogen) atoms. The molecule has 1 aliphatic heterocycles. The molecular weight excluding hydrogens is 811 g/mol. The molecule has 11 N–H and O–H groups in total. The van der Waals surface area contributed by atoms with Crippen LogP contribution in [0.2, 0.25) is 0 Å². The van der Waals surface area contributed by atoms with Crippen molar-refractivity contribution in [2.75, 3.05) is 33.0 Å². The summed E-state index contributed by atoms with van der Waals surface area (Å²) in [6.07, 6.45) is 7.02. The Morgan fingerprint density at radius 3 is 1.97 bits per heavy atom. The van der Waals surface area contributed by atoms with Gasteiger partial charge in [0.05, 0.1) is 25.9 Å². The number of amides is 5. The number of aliphatic carboxylic acids is 1. The summed E-state index contributed by atoms with van der Waals surface area (Å²) in [6.45, 7) is 4.29. The molecule has 348 valence electrons. The number of nitrogens with one attached hydrogen (secondary N) is 3. The monoisotopic (exact) mass is 882 g/mol. The zero-order valence-corrected chi connectivity index (χ0v) is 36.5. The average Bonchev–Trinajstić information content (AvgIpc) is 3.19. The predicted molar refractivity (Wildman–Crippen MR) is 217 cm³/mol. The molecule has 1 fully saturated rings. The third-order valence-electron chi connectivity index (χ3n) is 9.98. The van der Waals surface area contributed by atoms with Crippen LogP contribution in [-0.2, 0) is 51.9 Å². The first-order valence-corrected chi connectivity index (χ1v) is 22.5. The Bertz CT molecular complexity index is 1380. The van der Waals surface area contributed by atoms with Gasteiger partial charge in [-0.3, -0.25) is 33.0 Å². The molecule has 0 aromatic heterocycles. The molecule has 1 heterocycles. The highest BCUT2D eigenvalue weighted by atomic mass is 31.2. The van der Waals surface area contributed by atoms with Gasteiger partial charge in [0, 0.05) is 19.4 Å². The van der Waals surface area contributed by atoms with E-state index in [0.29, 0.717) is 6.42 Å². The van der Waals surface area contributed by atoms with E-state index in [1.807, 2.05) is 0 Å². The van der Waals surface area contributed by atoms with Crippen molar-refractivity contribution in [1.82, 2.24) is 20.9 Å². The number of carbonyl (C=O) groups is 6. The first kappa shape index (κ1) is 54.7. The van der Waals surface area contributed by atoms with Crippen molar-refractivity contribution < 1.29 is 72.1 Å². The van der Waals surface area contributed by atoms with Gasteiger partial charge in [0.1, 0.15) is 43.0 Å². The van der Waals surface area contributed by atoms with Crippen LogP contribution < -0.4 is 27.4 Å². The molecule has 0 bridgehead atoms. The zero-order valence-electron chi connectivity index (χ0n) is 35.6. The van der Waals surface area contributed by atoms with Gasteiger partial charge >= 0.3 is 13.8 Å². The molecular formula is C38H71N6O15P. The van der Waals surface area contributed by atoms with Crippen LogP contribution in [0.4, 0.5) is 0 Å². The van der Waals surface area contributed by atoms with Gasteiger partial charge in [0.15, 0.2) is 6.23 Å². The van der Waals surface area contributed by atoms with E-state index in [0.717, 1.165) is 24.2 Å². The number of aliphatic hydroxyl groups is 2. The summed E-state index contributed by atoms with van der Waals surface area (Å²) in [5.74, 6) is -5.29. The van der Waals surface area contributed by atoms with E-state index >= 15 is 0 Å². The number of ether oxygens (including phenoxy) is 2. The molecule has 0 radical (unpaired) electrons. The van der Waals surface area contributed by atoms with E-state index < -0.39 is 105 Å². The van der Waals surface area contributed by atoms with Crippen molar-refractivity contribution in [2.24, 2.45) is 11.5 Å². The maximum absolute atomic E-state index is 13.4. The maximum Gasteiger partial charge on any atom is 0.472 e. The lowest BCUT2D eigenvalue weighted by atomic mass is 9.95. The summed E-state index contributed by atoms with van der Waals surface area (Å²) in [5, 5.41) is 36.7. The van der Waals surface area contributed by atoms with Crippen molar-refractivity contribution in [3.63, 3.8) is 0 Å². The molecule has 9 atom stereocenters. The van der Waals surface area contributed by atoms with Crippen LogP contribution in [0.15, 0.2) is 0 Å². The molecule has 22 heteroatoms. The highest BCUT2D eigenvalue weighted by molar-refractivity contribution is 7.47. The van der Waals surface area contributed by atoms with Crippen LogP contribution in [-0.4, -0.2) is 142 Å². The minimum atomic E-state index is -4.32. The number of hydrogen-bond donors (Lipinski definition) is 9. The lowest BCUT2D eigenvalue weighted by molar-refractivity contribution is -0.239. The zero-order chi connectivity index (χ0) is 45.3. The molecule has 1 rings (SSSR count). The number of nitrogens with two attached hydrogens (primary N) is 2. The third-order valence-corrected chi connectivity index (χ3v) is 11.0. The summed E-state index contributed by atoms with van der Waals surface area (Å²) in [6, 6.07) is -5.28. The Hall–Kier alpha value is -3.27. The van der Waals surface area contributed by atoms with Gasteiger partial charge in [-0.05, 0) is 26.7 Å². The molecule has 0 aromatic carbocycles. The summed E-state index contributed by atoms with van der Waals surface area (Å²) in [4.78, 5) is 86.0. The molecule has 0 aliphatic carbocycles. The normalized spacial score (nSPS) is 21.5. The van der Waals surface area contributed by atoms with Gasteiger partial charge < -0.3 is 62.0 Å². The molecule has 5 amide bonds. The maximum atomic E-state index is 13.4. The number of nitrogens with zero attached hydrogens (tertiary/aromatic N) is 1. The third kappa shape index (κ3) is 21.0. The molecule has 21 nitrogen and oxygen atoms in total. The molecule has 1 aliphatic rings. The molecule has 1 saturated heterocycles. The van der Waals surface area contributed by atoms with E-state index in [4.69, 9.17) is 35.1 Å². The number of rotatable bonds is 33. The quantitative estimate of drug-likeness (QED) is 0.0323. The van der Waals surface area contributed by atoms with E-state index in [-0.39, 0.29) is 39.0 Å². The van der Waals surface area contributed by atoms with E-state index in [1.165, 1.54) is 72.1 Å². The number of aliphatic hydroxyl groups excluding tert-OH is 2. The van der Waals surface area contributed by atoms with Crippen LogP contribution >= 0.6 is 7.82 Å². The number of unbranched alkanes of at least 4 members (excludes halogenated alkanes) is 11. The smallest absolute Gasteiger partial charge is 0.472 e. The minimum Gasteiger partial charge on any atom is -0.480 e. The van der Waals surface area contributed by atoms with Crippen LogP contribution in [0, 0.1) is 0 Å². The fourth-order valence-electron chi connectivity index (χ4n) is 6.50. The number of phosphoric ester groups is 1. The number of hydrogen-bond acceptors (Lipinski definition) is 14. The van der Waals surface area contributed by atoms with E-state index in [2.05, 4.69) is 22.9 Å². The lowest BCUT2D eigenvalue weighted by Gasteiger charge is -2.47. The number of carboxylic acids is 1. The summed E-state index contributed by atoms with van der Waals surface area (Å²) >= 11 is 0. The van der Waals surface area contributed by atoms with Crippen LogP contribution in [0.5, 0.6) is 0 Å². The van der Waals surface area contributed by atoms with Gasteiger partial charge in [0.25, 0.3) is 0 Å². The van der Waals surface area contributed by atoms with Crippen molar-refractivity contribution in [3.05, 3.63) is 0 Å². The standard InChI is InChI=1S/C38H71N6O15P/c1-5-7-8-9-10-11-12-13-14-15-16-17-21-57-60(54,55)58-22-20-41-36(52)25(3)42-29(46)19-18-27(35(40)51)43-37(53)26(4)44(30(47)6-2)38-32(39)34(56-24-31(48)49)33(50)28(23-45)59-38/h25-28,32-34,38,45,50H,5-24,39H2,1-4H3,(H2,40,51)(H,41,52)(H,42,46)(H,43,53)(H,48,49)(H,54,55)/t25-,26-,27+,28+,32+,33+,34+,38?/m0/s1. The van der Waals surface area contributed by atoms with Gasteiger partial charge in [-0.15, -0.1) is 0 Å². The topological polar surface area (TPSA) is 329 Å². The van der Waals surface area contributed by atoms with Crippen LogP contribution in [0.3, 0.4) is 0 Å². The van der Waals surface area contributed by atoms with Gasteiger partial charge in [0.2, 0.25) is 29.5 Å². The van der Waals surface area contributed by atoms with Crippen molar-refractivity contribution in [3.8, 4) is 0 Å². The summed E-state index contributed by atoms with van der Waals surface area (Å²) in [5.41, 5.74) is 11.7. The average molecular weight is 883 g/mol. The van der Waals surface area contributed by atoms with Crippen LogP contribution in [0.25, 0.3) is 0 Å². The fourth-order valence-corrected chi connectivity index (χ4v) is 7.26. The number of carbonyl (C=O) groups excluding carboxylic acids is 5. The van der Waals surface area contributed by atoms with Gasteiger partial charge in [-0.2, -0.15) is 0 Å².